The van der Waals surface area contributed by atoms with E-state index in [2.05, 4.69) is 6.92 Å². The van der Waals surface area contributed by atoms with E-state index in [1.54, 1.807) is 13.8 Å². The van der Waals surface area contributed by atoms with Crippen molar-refractivity contribution in [2.24, 2.45) is 0 Å². The first-order valence-corrected chi connectivity index (χ1v) is 8.00. The molecule has 22 heavy (non-hydrogen) atoms. The summed E-state index contributed by atoms with van der Waals surface area (Å²) < 4.78 is 9.45. The number of rotatable bonds is 12. The highest BCUT2D eigenvalue weighted by molar-refractivity contribution is 6.09. The molecule has 0 amide bonds. The largest absolute Gasteiger partial charge is 0.466 e. The summed E-state index contributed by atoms with van der Waals surface area (Å²) in [5.74, 6) is -2.56. The summed E-state index contributed by atoms with van der Waals surface area (Å²) in [6.45, 7) is 5.40. The topological polar surface area (TPSA) is 89.9 Å². The molecule has 1 atom stereocenters. The average Bonchev–Trinajstić information content (AvgIpc) is 2.47. The van der Waals surface area contributed by atoms with Crippen LogP contribution >= 0.6 is 0 Å². The number of carbonyl (C=O) groups excluding carboxylic acids is 3. The van der Waals surface area contributed by atoms with Crippen LogP contribution in [0, 0.1) is 0 Å². The van der Waals surface area contributed by atoms with Crippen molar-refractivity contribution in [2.45, 2.75) is 71.3 Å². The first-order chi connectivity index (χ1) is 10.4. The van der Waals surface area contributed by atoms with Gasteiger partial charge in [0.15, 0.2) is 5.78 Å². The third kappa shape index (κ3) is 7.02. The molecule has 0 fully saturated rings. The fourth-order valence-electron chi connectivity index (χ4n) is 2.05. The lowest BCUT2D eigenvalue weighted by atomic mass is 9.90. The predicted molar refractivity (Wildman–Crippen MR) is 81.2 cm³/mol. The van der Waals surface area contributed by atoms with Crippen LogP contribution in [0.1, 0.15) is 65.7 Å². The molecule has 0 aliphatic heterocycles. The zero-order valence-electron chi connectivity index (χ0n) is 13.9. The Hall–Kier alpha value is -1.43. The molecule has 0 saturated heterocycles. The number of hydrogen-bond donors (Lipinski definition) is 1. The average molecular weight is 316 g/mol. The number of hydrogen-bond acceptors (Lipinski definition) is 6. The summed E-state index contributed by atoms with van der Waals surface area (Å²) in [6, 6.07) is 0. The molecule has 0 spiro atoms. The van der Waals surface area contributed by atoms with E-state index < -0.39 is 29.7 Å². The second kappa shape index (κ2) is 11.2. The zero-order valence-corrected chi connectivity index (χ0v) is 13.9. The van der Waals surface area contributed by atoms with Crippen LogP contribution in [0.4, 0.5) is 0 Å². The maximum absolute atomic E-state index is 12.2. The SMILES string of the molecule is CCCCCCCC(=O)C(O)(CC(=O)OCC)C(=O)OCC. The molecule has 0 aliphatic rings. The van der Waals surface area contributed by atoms with Crippen molar-refractivity contribution in [1.82, 2.24) is 0 Å². The number of aliphatic hydroxyl groups is 1. The number of ether oxygens (including phenoxy) is 2. The molecular formula is C16H28O6. The van der Waals surface area contributed by atoms with Crippen LogP contribution in [-0.4, -0.2) is 41.6 Å². The molecule has 0 heterocycles. The minimum atomic E-state index is -2.44. The van der Waals surface area contributed by atoms with Crippen molar-refractivity contribution in [3.05, 3.63) is 0 Å². The molecule has 0 radical (unpaired) electrons. The van der Waals surface area contributed by atoms with Gasteiger partial charge in [-0.3, -0.25) is 9.59 Å². The van der Waals surface area contributed by atoms with Gasteiger partial charge in [-0.15, -0.1) is 0 Å². The molecule has 0 aliphatic carbocycles. The molecule has 0 bridgehead atoms. The predicted octanol–water partition coefficient (Wildman–Crippen LogP) is 2.16. The van der Waals surface area contributed by atoms with Gasteiger partial charge in [0.2, 0.25) is 5.60 Å². The van der Waals surface area contributed by atoms with Crippen LogP contribution in [0.5, 0.6) is 0 Å². The third-order valence-electron chi connectivity index (χ3n) is 3.29. The number of Topliss-reactive ketones (excluding diaryl/α,β-unsaturated/α-hetero) is 1. The van der Waals surface area contributed by atoms with Crippen LogP contribution in [0.2, 0.25) is 0 Å². The quantitative estimate of drug-likeness (QED) is 0.337. The van der Waals surface area contributed by atoms with E-state index in [1.807, 2.05) is 0 Å². The number of ketones is 1. The molecule has 128 valence electrons. The van der Waals surface area contributed by atoms with E-state index in [9.17, 15) is 19.5 Å². The Morgan fingerprint density at radius 1 is 0.909 bits per heavy atom. The highest BCUT2D eigenvalue weighted by Gasteiger charge is 2.46. The van der Waals surface area contributed by atoms with Gasteiger partial charge >= 0.3 is 11.9 Å². The van der Waals surface area contributed by atoms with Crippen molar-refractivity contribution < 1.29 is 29.0 Å². The maximum Gasteiger partial charge on any atom is 0.346 e. The molecule has 0 aromatic heterocycles. The van der Waals surface area contributed by atoms with Gasteiger partial charge in [-0.1, -0.05) is 32.6 Å². The third-order valence-corrected chi connectivity index (χ3v) is 3.29. The number of esters is 2. The minimum Gasteiger partial charge on any atom is -0.466 e. The van der Waals surface area contributed by atoms with Crippen LogP contribution in [-0.2, 0) is 23.9 Å². The van der Waals surface area contributed by atoms with Gasteiger partial charge in [0, 0.05) is 6.42 Å². The molecule has 0 rings (SSSR count). The van der Waals surface area contributed by atoms with Gasteiger partial charge in [-0.2, -0.15) is 0 Å². The molecule has 1 unspecified atom stereocenters. The first kappa shape index (κ1) is 20.6. The Balaban J connectivity index is 4.72. The Morgan fingerprint density at radius 2 is 1.50 bits per heavy atom. The lowest BCUT2D eigenvalue weighted by molar-refractivity contribution is -0.176. The monoisotopic (exact) mass is 316 g/mol. The second-order valence-corrected chi connectivity index (χ2v) is 5.15. The van der Waals surface area contributed by atoms with E-state index in [0.29, 0.717) is 6.42 Å². The molecule has 6 heteroatoms. The van der Waals surface area contributed by atoms with Gasteiger partial charge in [0.05, 0.1) is 19.6 Å². The fraction of sp³-hybridized carbons (Fsp3) is 0.812. The highest BCUT2D eigenvalue weighted by atomic mass is 16.6. The fourth-order valence-corrected chi connectivity index (χ4v) is 2.05. The number of carbonyl (C=O) groups is 3. The van der Waals surface area contributed by atoms with Crippen molar-refractivity contribution >= 4 is 17.7 Å². The van der Waals surface area contributed by atoms with Gasteiger partial charge in [0.1, 0.15) is 0 Å². The highest BCUT2D eigenvalue weighted by Crippen LogP contribution is 2.20. The zero-order chi connectivity index (χ0) is 17.0. The van der Waals surface area contributed by atoms with Crippen molar-refractivity contribution in [3.63, 3.8) is 0 Å². The van der Waals surface area contributed by atoms with E-state index in [1.165, 1.54) is 0 Å². The van der Waals surface area contributed by atoms with Crippen molar-refractivity contribution in [1.29, 1.82) is 0 Å². The number of unbranched alkanes of at least 4 members (excludes halogenated alkanes) is 4. The lowest BCUT2D eigenvalue weighted by Crippen LogP contribution is -2.49. The summed E-state index contributed by atoms with van der Waals surface area (Å²) in [4.78, 5) is 35.6. The first-order valence-electron chi connectivity index (χ1n) is 8.00. The van der Waals surface area contributed by atoms with E-state index >= 15 is 0 Å². The molecule has 1 N–H and O–H groups in total. The minimum absolute atomic E-state index is 0.0216. The molecule has 0 aromatic rings. The van der Waals surface area contributed by atoms with Gasteiger partial charge in [0.25, 0.3) is 0 Å². The van der Waals surface area contributed by atoms with Gasteiger partial charge in [-0.05, 0) is 20.3 Å². The lowest BCUT2D eigenvalue weighted by Gasteiger charge is -2.23. The second-order valence-electron chi connectivity index (χ2n) is 5.15. The molecule has 0 aromatic carbocycles. The van der Waals surface area contributed by atoms with Gasteiger partial charge < -0.3 is 14.6 Å². The van der Waals surface area contributed by atoms with E-state index in [4.69, 9.17) is 9.47 Å². The van der Waals surface area contributed by atoms with Crippen LogP contribution in [0.25, 0.3) is 0 Å². The van der Waals surface area contributed by atoms with Crippen LogP contribution < -0.4 is 0 Å². The van der Waals surface area contributed by atoms with Crippen molar-refractivity contribution in [2.75, 3.05) is 13.2 Å². The summed E-state index contributed by atoms with van der Waals surface area (Å²) >= 11 is 0. The summed E-state index contributed by atoms with van der Waals surface area (Å²) in [7, 11) is 0. The van der Waals surface area contributed by atoms with Crippen LogP contribution in [0.15, 0.2) is 0 Å². The summed E-state index contributed by atoms with van der Waals surface area (Å²) in [5, 5.41) is 10.4. The van der Waals surface area contributed by atoms with Crippen molar-refractivity contribution in [3.8, 4) is 0 Å². The summed E-state index contributed by atoms with van der Waals surface area (Å²) in [6.07, 6.45) is 3.93. The van der Waals surface area contributed by atoms with Crippen LogP contribution in [0.3, 0.4) is 0 Å². The smallest absolute Gasteiger partial charge is 0.346 e. The van der Waals surface area contributed by atoms with E-state index in [-0.39, 0.29) is 19.6 Å². The Morgan fingerprint density at radius 3 is 2.05 bits per heavy atom. The molecule has 0 saturated carbocycles. The Bertz CT molecular complexity index is 366. The molecule has 6 nitrogen and oxygen atoms in total. The normalized spacial score (nSPS) is 13.3. The maximum atomic E-state index is 12.2. The van der Waals surface area contributed by atoms with Gasteiger partial charge in [-0.25, -0.2) is 4.79 Å². The van der Waals surface area contributed by atoms with E-state index in [0.717, 1.165) is 25.7 Å². The summed E-state index contributed by atoms with van der Waals surface area (Å²) in [5.41, 5.74) is -2.44. The molecular weight excluding hydrogens is 288 g/mol. The standard InChI is InChI=1S/C16H28O6/c1-4-7-8-9-10-11-13(17)16(20,15(19)22-6-3)12-14(18)21-5-2/h20H,4-12H2,1-3H3. The Kier molecular flexibility index (Phi) is 10.5. The Labute approximate surface area is 132 Å².